The third-order valence-electron chi connectivity index (χ3n) is 4.72. The number of nitrogens with one attached hydrogen (secondary N) is 1. The van der Waals surface area contributed by atoms with Gasteiger partial charge in [0.25, 0.3) is 0 Å². The molecule has 2 saturated heterocycles. The molecule has 2 aliphatic rings. The van der Waals surface area contributed by atoms with Crippen LogP contribution in [0, 0.1) is 0 Å². The number of anilines is 1. The van der Waals surface area contributed by atoms with Crippen molar-refractivity contribution >= 4 is 29.4 Å². The maximum Gasteiger partial charge on any atom is 0.318 e. The lowest BCUT2D eigenvalue weighted by molar-refractivity contribution is -0.132. The van der Waals surface area contributed by atoms with Crippen LogP contribution in [0.3, 0.4) is 0 Å². The van der Waals surface area contributed by atoms with Crippen LogP contribution in [0.15, 0.2) is 30.3 Å². The predicted molar refractivity (Wildman–Crippen MR) is 102 cm³/mol. The van der Waals surface area contributed by atoms with E-state index in [1.54, 1.807) is 11.8 Å². The Morgan fingerprint density at radius 2 is 1.60 bits per heavy atom. The number of hydrogen-bond acceptors (Lipinski definition) is 4. The van der Waals surface area contributed by atoms with E-state index in [1.165, 1.54) is 5.69 Å². The van der Waals surface area contributed by atoms with Gasteiger partial charge in [-0.05, 0) is 19.1 Å². The molecule has 136 valence electrons. The molecule has 2 aliphatic heterocycles. The van der Waals surface area contributed by atoms with Gasteiger partial charge in [-0.3, -0.25) is 4.79 Å². The summed E-state index contributed by atoms with van der Waals surface area (Å²) in [7, 11) is 0. The first-order chi connectivity index (χ1) is 12.1. The van der Waals surface area contributed by atoms with Crippen molar-refractivity contribution in [3.05, 3.63) is 30.3 Å². The van der Waals surface area contributed by atoms with Crippen LogP contribution in [0.5, 0.6) is 0 Å². The minimum atomic E-state index is -0.470. The Morgan fingerprint density at radius 1 is 0.960 bits per heavy atom. The molecule has 0 saturated carbocycles. The van der Waals surface area contributed by atoms with Crippen molar-refractivity contribution in [3.8, 4) is 0 Å². The first-order valence-corrected chi connectivity index (χ1v) is 10.0. The van der Waals surface area contributed by atoms with E-state index in [0.717, 1.165) is 37.7 Å². The van der Waals surface area contributed by atoms with Crippen LogP contribution in [0.2, 0.25) is 0 Å². The first kappa shape index (κ1) is 17.9. The second kappa shape index (κ2) is 8.47. The summed E-state index contributed by atoms with van der Waals surface area (Å²) in [4.78, 5) is 30.8. The van der Waals surface area contributed by atoms with E-state index in [0.29, 0.717) is 13.1 Å². The van der Waals surface area contributed by atoms with Crippen molar-refractivity contribution in [2.75, 3.05) is 55.7 Å². The number of piperazine rings is 1. The number of amides is 3. The number of carbonyl (C=O) groups excluding carboxylic acids is 2. The number of hydrogen-bond donors (Lipinski definition) is 1. The molecule has 0 aliphatic carbocycles. The highest BCUT2D eigenvalue weighted by Gasteiger charge is 2.27. The zero-order valence-electron chi connectivity index (χ0n) is 14.7. The van der Waals surface area contributed by atoms with Crippen LogP contribution in [-0.2, 0) is 4.79 Å². The maximum absolute atomic E-state index is 12.5. The molecule has 0 aromatic heterocycles. The van der Waals surface area contributed by atoms with Crippen molar-refractivity contribution in [3.63, 3.8) is 0 Å². The van der Waals surface area contributed by atoms with Gasteiger partial charge in [-0.25, -0.2) is 4.79 Å². The van der Waals surface area contributed by atoms with Crippen LogP contribution in [0.4, 0.5) is 10.5 Å². The fraction of sp³-hybridized carbons (Fsp3) is 0.556. The topological polar surface area (TPSA) is 55.9 Å². The van der Waals surface area contributed by atoms with Gasteiger partial charge in [-0.1, -0.05) is 18.2 Å². The molecule has 1 atom stereocenters. The molecule has 0 bridgehead atoms. The second-order valence-corrected chi connectivity index (χ2v) is 7.64. The Hall–Kier alpha value is -1.89. The van der Waals surface area contributed by atoms with Crippen molar-refractivity contribution in [1.82, 2.24) is 15.1 Å². The highest BCUT2D eigenvalue weighted by atomic mass is 32.2. The van der Waals surface area contributed by atoms with Gasteiger partial charge in [-0.2, -0.15) is 11.8 Å². The van der Waals surface area contributed by atoms with Gasteiger partial charge in [0.2, 0.25) is 5.91 Å². The smallest absolute Gasteiger partial charge is 0.318 e. The van der Waals surface area contributed by atoms with Crippen LogP contribution >= 0.6 is 11.8 Å². The Morgan fingerprint density at radius 3 is 2.24 bits per heavy atom. The molecule has 0 unspecified atom stereocenters. The zero-order chi connectivity index (χ0) is 17.6. The van der Waals surface area contributed by atoms with Gasteiger partial charge in [0.15, 0.2) is 0 Å². The third kappa shape index (κ3) is 4.60. The molecular weight excluding hydrogens is 336 g/mol. The maximum atomic E-state index is 12.5. The molecule has 2 heterocycles. The number of urea groups is 1. The van der Waals surface area contributed by atoms with E-state index in [-0.39, 0.29) is 11.9 Å². The van der Waals surface area contributed by atoms with E-state index in [1.807, 2.05) is 34.9 Å². The highest BCUT2D eigenvalue weighted by Crippen LogP contribution is 2.15. The summed E-state index contributed by atoms with van der Waals surface area (Å²) in [6.45, 7) is 6.29. The fourth-order valence-corrected chi connectivity index (χ4v) is 4.11. The summed E-state index contributed by atoms with van der Waals surface area (Å²) >= 11 is 1.87. The average Bonchev–Trinajstić information content (AvgIpc) is 2.68. The van der Waals surface area contributed by atoms with Gasteiger partial charge < -0.3 is 20.0 Å². The standard InChI is InChI=1S/C18H26N4O2S/c1-15(17(23)21-11-13-25-14-12-21)19-18(24)22-9-7-20(8-10-22)16-5-3-2-4-6-16/h2-6,15H,7-14H2,1H3,(H,19,24)/t15-/m0/s1. The van der Waals surface area contributed by atoms with Gasteiger partial charge in [0.1, 0.15) is 6.04 Å². The first-order valence-electron chi connectivity index (χ1n) is 8.87. The van der Waals surface area contributed by atoms with Crippen molar-refractivity contribution in [2.24, 2.45) is 0 Å². The summed E-state index contributed by atoms with van der Waals surface area (Å²) in [6.07, 6.45) is 0. The summed E-state index contributed by atoms with van der Waals surface area (Å²) in [5.41, 5.74) is 1.19. The predicted octanol–water partition coefficient (Wildman–Crippen LogP) is 1.48. The number of nitrogens with zero attached hydrogens (tertiary/aromatic N) is 3. The van der Waals surface area contributed by atoms with Crippen molar-refractivity contribution in [2.45, 2.75) is 13.0 Å². The molecule has 25 heavy (non-hydrogen) atoms. The van der Waals surface area contributed by atoms with E-state index in [4.69, 9.17) is 0 Å². The number of para-hydroxylation sites is 1. The van der Waals surface area contributed by atoms with Gasteiger partial charge in [0.05, 0.1) is 0 Å². The zero-order valence-corrected chi connectivity index (χ0v) is 15.5. The monoisotopic (exact) mass is 362 g/mol. The Kier molecular flexibility index (Phi) is 6.07. The second-order valence-electron chi connectivity index (χ2n) is 6.42. The number of thioether (sulfide) groups is 1. The third-order valence-corrected chi connectivity index (χ3v) is 5.66. The van der Waals surface area contributed by atoms with Crippen LogP contribution in [-0.4, -0.2) is 78.6 Å². The van der Waals surface area contributed by atoms with E-state index < -0.39 is 6.04 Å². The SMILES string of the molecule is C[C@H](NC(=O)N1CCN(c2ccccc2)CC1)C(=O)N1CCSCC1. The molecular formula is C18H26N4O2S. The summed E-state index contributed by atoms with van der Waals surface area (Å²) in [6, 6.07) is 9.64. The minimum absolute atomic E-state index is 0.0246. The van der Waals surface area contributed by atoms with Crippen LogP contribution < -0.4 is 10.2 Å². The van der Waals surface area contributed by atoms with Gasteiger partial charge in [-0.15, -0.1) is 0 Å². The van der Waals surface area contributed by atoms with Crippen LogP contribution in [0.1, 0.15) is 6.92 Å². The van der Waals surface area contributed by atoms with Crippen LogP contribution in [0.25, 0.3) is 0 Å². The van der Waals surface area contributed by atoms with E-state index >= 15 is 0 Å². The molecule has 0 spiro atoms. The lowest BCUT2D eigenvalue weighted by Crippen LogP contribution is -2.56. The largest absolute Gasteiger partial charge is 0.368 e. The molecule has 0 radical (unpaired) electrons. The minimum Gasteiger partial charge on any atom is -0.368 e. The summed E-state index contributed by atoms with van der Waals surface area (Å²) in [5.74, 6) is 1.98. The molecule has 3 amide bonds. The molecule has 1 aromatic carbocycles. The Labute approximate surface area is 153 Å². The molecule has 3 rings (SSSR count). The summed E-state index contributed by atoms with van der Waals surface area (Å²) < 4.78 is 0. The number of carbonyl (C=O) groups is 2. The number of rotatable bonds is 3. The number of benzene rings is 1. The molecule has 7 heteroatoms. The molecule has 1 aromatic rings. The molecule has 2 fully saturated rings. The average molecular weight is 362 g/mol. The summed E-state index contributed by atoms with van der Waals surface area (Å²) in [5, 5.41) is 2.87. The van der Waals surface area contributed by atoms with Crippen molar-refractivity contribution in [1.29, 1.82) is 0 Å². The quantitative estimate of drug-likeness (QED) is 0.885. The fourth-order valence-electron chi connectivity index (χ4n) is 3.20. The van der Waals surface area contributed by atoms with Gasteiger partial charge in [0, 0.05) is 56.5 Å². The Balaban J connectivity index is 1.46. The van der Waals surface area contributed by atoms with E-state index in [2.05, 4.69) is 22.3 Å². The van der Waals surface area contributed by atoms with E-state index in [9.17, 15) is 9.59 Å². The normalized spacial score (nSPS) is 19.5. The molecule has 1 N–H and O–H groups in total. The molecule has 6 nitrogen and oxygen atoms in total. The lowest BCUT2D eigenvalue weighted by Gasteiger charge is -2.37. The van der Waals surface area contributed by atoms with Crippen molar-refractivity contribution < 1.29 is 9.59 Å². The van der Waals surface area contributed by atoms with Gasteiger partial charge >= 0.3 is 6.03 Å². The lowest BCUT2D eigenvalue weighted by atomic mass is 10.2. The highest BCUT2D eigenvalue weighted by molar-refractivity contribution is 7.99. The Bertz CT molecular complexity index is 584.